The Balaban J connectivity index is 3.03. The van der Waals surface area contributed by atoms with E-state index in [2.05, 4.69) is 46.7 Å². The molecule has 0 fully saturated rings. The number of nitrogens with zero attached hydrogens (tertiary/aromatic N) is 1. The molecule has 1 rings (SSSR count). The third kappa shape index (κ3) is 2.02. The molecular weight excluding hydrogens is 249 g/mol. The molecule has 0 aromatic rings. The van der Waals surface area contributed by atoms with Gasteiger partial charge in [0.1, 0.15) is 0 Å². The third-order valence-corrected chi connectivity index (χ3v) is 2.21. The molecule has 0 saturated heterocycles. The van der Waals surface area contributed by atoms with E-state index in [1.165, 1.54) is 11.1 Å². The fraction of sp³-hybridized carbons (Fsp3) is 0.222. The Morgan fingerprint density at radius 1 is 1.45 bits per heavy atom. The largest absolute Gasteiger partial charge is 0.288 e. The summed E-state index contributed by atoms with van der Waals surface area (Å²) >= 11 is 2.23. The van der Waals surface area contributed by atoms with E-state index in [9.17, 15) is 0 Å². The van der Waals surface area contributed by atoms with Gasteiger partial charge in [0.05, 0.1) is 5.71 Å². The molecule has 1 nitrogen and oxygen atoms in total. The molecule has 0 heterocycles. The van der Waals surface area contributed by atoms with Crippen LogP contribution in [0.25, 0.3) is 0 Å². The first kappa shape index (κ1) is 8.71. The van der Waals surface area contributed by atoms with Crippen LogP contribution >= 0.6 is 22.6 Å². The van der Waals surface area contributed by atoms with E-state index in [0.717, 1.165) is 5.71 Å². The van der Waals surface area contributed by atoms with Crippen LogP contribution < -0.4 is 0 Å². The van der Waals surface area contributed by atoms with Gasteiger partial charge < -0.3 is 0 Å². The molecule has 2 heteroatoms. The fourth-order valence-electron chi connectivity index (χ4n) is 0.965. The van der Waals surface area contributed by atoms with Crippen molar-refractivity contribution >= 4 is 28.3 Å². The number of hydrogen-bond acceptors (Lipinski definition) is 1. The van der Waals surface area contributed by atoms with E-state index in [1.807, 2.05) is 17.2 Å². The Bertz CT molecular complexity index is 269. The van der Waals surface area contributed by atoms with Crippen LogP contribution in [0.15, 0.2) is 38.4 Å². The fourth-order valence-corrected chi connectivity index (χ4v) is 1.46. The lowest BCUT2D eigenvalue weighted by atomic mass is 10.0. The predicted molar refractivity (Wildman–Crippen MR) is 58.4 cm³/mol. The quantitative estimate of drug-likeness (QED) is 0.593. The Hall–Kier alpha value is -0.380. The Morgan fingerprint density at radius 3 is 2.73 bits per heavy atom. The average molecular weight is 259 g/mol. The van der Waals surface area contributed by atoms with E-state index in [4.69, 9.17) is 0 Å². The highest BCUT2D eigenvalue weighted by Gasteiger charge is 2.03. The lowest BCUT2D eigenvalue weighted by Crippen LogP contribution is -2.00. The summed E-state index contributed by atoms with van der Waals surface area (Å²) in [6.45, 7) is 2.09. The first-order valence-corrected chi connectivity index (χ1v) is 4.66. The smallest absolute Gasteiger partial charge is 0.0647 e. The molecule has 0 aromatic heterocycles. The molecule has 11 heavy (non-hydrogen) atoms. The summed E-state index contributed by atoms with van der Waals surface area (Å²) < 4.78 is 2.05. The summed E-state index contributed by atoms with van der Waals surface area (Å²) in [7, 11) is 1.81. The normalized spacial score (nSPS) is 24.5. The molecule has 0 unspecified atom stereocenters. The van der Waals surface area contributed by atoms with Crippen molar-refractivity contribution < 1.29 is 0 Å². The zero-order valence-corrected chi connectivity index (χ0v) is 8.79. The maximum Gasteiger partial charge on any atom is 0.0647 e. The molecule has 0 N–H and O–H groups in total. The monoisotopic (exact) mass is 259 g/mol. The summed E-state index contributed by atoms with van der Waals surface area (Å²) in [5, 5.41) is 0. The van der Waals surface area contributed by atoms with Crippen LogP contribution in [0.5, 0.6) is 0 Å². The Labute approximate surface area is 80.7 Å². The summed E-state index contributed by atoms with van der Waals surface area (Å²) in [4.78, 5) is 4.15. The van der Waals surface area contributed by atoms with Gasteiger partial charge in [0.15, 0.2) is 0 Å². The van der Waals surface area contributed by atoms with Crippen LogP contribution in [0.1, 0.15) is 6.92 Å². The lowest BCUT2D eigenvalue weighted by Gasteiger charge is -2.06. The lowest BCUT2D eigenvalue weighted by molar-refractivity contribution is 1.41. The van der Waals surface area contributed by atoms with Gasteiger partial charge in [-0.1, -0.05) is 34.2 Å². The van der Waals surface area contributed by atoms with Gasteiger partial charge in [-0.2, -0.15) is 0 Å². The van der Waals surface area contributed by atoms with E-state index >= 15 is 0 Å². The first-order valence-electron chi connectivity index (χ1n) is 3.42. The van der Waals surface area contributed by atoms with Gasteiger partial charge in [0.2, 0.25) is 0 Å². The van der Waals surface area contributed by atoms with Crippen LogP contribution in [0, 0.1) is 0 Å². The zero-order valence-electron chi connectivity index (χ0n) is 6.63. The molecule has 1 aliphatic carbocycles. The molecule has 0 atom stereocenters. The van der Waals surface area contributed by atoms with E-state index in [-0.39, 0.29) is 0 Å². The van der Waals surface area contributed by atoms with Gasteiger partial charge in [0, 0.05) is 12.6 Å². The van der Waals surface area contributed by atoms with Gasteiger partial charge in [-0.05, 0) is 23.2 Å². The van der Waals surface area contributed by atoms with Crippen LogP contribution in [0.4, 0.5) is 0 Å². The molecule has 0 radical (unpaired) electrons. The molecule has 0 aromatic carbocycles. The van der Waals surface area contributed by atoms with Crippen molar-refractivity contribution in [3.63, 3.8) is 0 Å². The standard InChI is InChI=1S/C9H10IN/c1-7-3-4-9(11-2)8(5-7)6-10/h3-6H,1-2H3/b8-6-,11-9-. The third-order valence-electron chi connectivity index (χ3n) is 1.54. The minimum absolute atomic E-state index is 1.06. The minimum Gasteiger partial charge on any atom is -0.288 e. The summed E-state index contributed by atoms with van der Waals surface area (Å²) in [6, 6.07) is 0. The summed E-state index contributed by atoms with van der Waals surface area (Å²) in [5.41, 5.74) is 3.54. The topological polar surface area (TPSA) is 12.4 Å². The molecule has 0 bridgehead atoms. The van der Waals surface area contributed by atoms with Crippen LogP contribution in [0.2, 0.25) is 0 Å². The Kier molecular flexibility index (Phi) is 3.05. The SMILES string of the molecule is C/N=C1/C=CC(C)=C/C1=C/I. The molecule has 0 saturated carbocycles. The van der Waals surface area contributed by atoms with Crippen molar-refractivity contribution in [1.29, 1.82) is 0 Å². The second-order valence-corrected chi connectivity index (χ2v) is 3.02. The van der Waals surface area contributed by atoms with Gasteiger partial charge in [-0.15, -0.1) is 0 Å². The molecule has 0 amide bonds. The molecular formula is C9H10IN. The summed E-state index contributed by atoms with van der Waals surface area (Å²) in [5.74, 6) is 0. The Morgan fingerprint density at radius 2 is 2.18 bits per heavy atom. The average Bonchev–Trinajstić information content (AvgIpc) is 2.04. The number of rotatable bonds is 0. The van der Waals surface area contributed by atoms with Gasteiger partial charge in [0.25, 0.3) is 0 Å². The van der Waals surface area contributed by atoms with Crippen molar-refractivity contribution in [3.05, 3.63) is 33.5 Å². The minimum atomic E-state index is 1.06. The molecule has 0 aliphatic heterocycles. The van der Waals surface area contributed by atoms with Gasteiger partial charge in [-0.25, -0.2) is 0 Å². The van der Waals surface area contributed by atoms with E-state index in [1.54, 1.807) is 0 Å². The highest BCUT2D eigenvalue weighted by atomic mass is 127. The van der Waals surface area contributed by atoms with Crippen LogP contribution in [-0.4, -0.2) is 12.8 Å². The van der Waals surface area contributed by atoms with Crippen molar-refractivity contribution in [2.45, 2.75) is 6.92 Å². The number of halogens is 1. The number of aliphatic imine (C=N–C) groups is 1. The maximum absolute atomic E-state index is 4.15. The first-order chi connectivity index (χ1) is 5.27. The van der Waals surface area contributed by atoms with Gasteiger partial charge in [-0.3, -0.25) is 4.99 Å². The van der Waals surface area contributed by atoms with Crippen molar-refractivity contribution in [2.24, 2.45) is 4.99 Å². The highest BCUT2D eigenvalue weighted by Crippen LogP contribution is 2.14. The van der Waals surface area contributed by atoms with Crippen LogP contribution in [0.3, 0.4) is 0 Å². The van der Waals surface area contributed by atoms with Crippen LogP contribution in [-0.2, 0) is 0 Å². The summed E-state index contributed by atoms with van der Waals surface area (Å²) in [6.07, 6.45) is 6.25. The van der Waals surface area contributed by atoms with E-state index in [0.29, 0.717) is 0 Å². The molecule has 58 valence electrons. The van der Waals surface area contributed by atoms with Gasteiger partial charge >= 0.3 is 0 Å². The maximum atomic E-state index is 4.15. The number of hydrogen-bond donors (Lipinski definition) is 0. The number of allylic oxidation sites excluding steroid dienone is 5. The second-order valence-electron chi connectivity index (χ2n) is 2.39. The van der Waals surface area contributed by atoms with Crippen molar-refractivity contribution in [2.75, 3.05) is 7.05 Å². The molecule has 0 spiro atoms. The molecule has 1 aliphatic rings. The predicted octanol–water partition coefficient (Wildman–Crippen LogP) is 2.89. The van der Waals surface area contributed by atoms with E-state index < -0.39 is 0 Å². The highest BCUT2D eigenvalue weighted by molar-refractivity contribution is 14.1. The van der Waals surface area contributed by atoms with Crippen molar-refractivity contribution in [3.8, 4) is 0 Å². The van der Waals surface area contributed by atoms with Crippen molar-refractivity contribution in [1.82, 2.24) is 0 Å². The zero-order chi connectivity index (χ0) is 8.27. The second kappa shape index (κ2) is 3.85.